The quantitative estimate of drug-likeness (QED) is 0.419. The first kappa shape index (κ1) is 24.0. The van der Waals surface area contributed by atoms with Crippen LogP contribution in [0.2, 0.25) is 0 Å². The Hall–Kier alpha value is -0.670. The second-order valence-corrected chi connectivity index (χ2v) is 15.2. The van der Waals surface area contributed by atoms with Crippen LogP contribution in [0.15, 0.2) is 11.6 Å². The molecule has 33 heavy (non-hydrogen) atoms. The average Bonchev–Trinajstić information content (AvgIpc) is 2.69. The van der Waals surface area contributed by atoms with Gasteiger partial charge in [-0.1, -0.05) is 67.0 Å². The summed E-state index contributed by atoms with van der Waals surface area (Å²) in [6, 6.07) is 0. The first-order valence-electron chi connectivity index (χ1n) is 13.6. The van der Waals surface area contributed by atoms with Gasteiger partial charge in [-0.25, -0.2) is 0 Å². The maximum atomic E-state index is 12.9. The average molecular weight is 457 g/mol. The van der Waals surface area contributed by atoms with Crippen LogP contribution in [0.5, 0.6) is 0 Å². The molecule has 0 saturated heterocycles. The molecule has 0 radical (unpaired) electrons. The Morgan fingerprint density at radius 1 is 0.879 bits per heavy atom. The number of carbonyl (C=O) groups excluding carboxylic acids is 1. The van der Waals surface area contributed by atoms with Gasteiger partial charge in [-0.15, -0.1) is 0 Å². The van der Waals surface area contributed by atoms with E-state index in [1.807, 2.05) is 0 Å². The Balaban J connectivity index is 1.62. The molecule has 3 heteroatoms. The second-order valence-electron chi connectivity index (χ2n) is 15.2. The standard InChI is InChI=1S/C30H48O3/c1-25(2)16-19-18-15-20(31)24-28(6)11-10-22(32)26(3,4)21(28)9-12-30(24,8)29(18,7)14-13-27(19,5)17-23(25)33/h15,19-21,23-24,31,33H,9-14,16-17H2,1-8H3/t19-,20-,21-,23-,24+,27-,28-,29+,30+/m0/s1. The molecule has 9 atom stereocenters. The molecular formula is C30H48O3. The number of aliphatic hydroxyl groups is 2. The summed E-state index contributed by atoms with van der Waals surface area (Å²) in [6.07, 6.45) is 9.49. The third-order valence-electron chi connectivity index (χ3n) is 12.9. The van der Waals surface area contributed by atoms with Crippen molar-refractivity contribution in [2.24, 2.45) is 50.2 Å². The van der Waals surface area contributed by atoms with E-state index in [1.165, 1.54) is 5.57 Å². The Morgan fingerprint density at radius 3 is 2.21 bits per heavy atom. The Kier molecular flexibility index (Phi) is 4.92. The molecule has 4 fully saturated rings. The predicted octanol–water partition coefficient (Wildman–Crippen LogP) is 6.32. The third-order valence-corrected chi connectivity index (χ3v) is 12.9. The van der Waals surface area contributed by atoms with Gasteiger partial charge in [0, 0.05) is 17.8 Å². The molecule has 0 aliphatic heterocycles. The van der Waals surface area contributed by atoms with Crippen LogP contribution >= 0.6 is 0 Å². The van der Waals surface area contributed by atoms with E-state index < -0.39 is 6.10 Å². The maximum Gasteiger partial charge on any atom is 0.138 e. The van der Waals surface area contributed by atoms with Crippen LogP contribution in [0.25, 0.3) is 0 Å². The van der Waals surface area contributed by atoms with E-state index in [4.69, 9.17) is 0 Å². The van der Waals surface area contributed by atoms with Crippen LogP contribution in [0.4, 0.5) is 0 Å². The molecule has 3 nitrogen and oxygen atoms in total. The van der Waals surface area contributed by atoms with Crippen LogP contribution in [0, 0.1) is 50.2 Å². The van der Waals surface area contributed by atoms with Gasteiger partial charge in [0.25, 0.3) is 0 Å². The highest BCUT2D eigenvalue weighted by Gasteiger charge is 2.70. The van der Waals surface area contributed by atoms with Crippen molar-refractivity contribution in [3.63, 3.8) is 0 Å². The van der Waals surface area contributed by atoms with Crippen molar-refractivity contribution in [1.82, 2.24) is 0 Å². The van der Waals surface area contributed by atoms with Crippen LogP contribution in [-0.4, -0.2) is 28.2 Å². The van der Waals surface area contributed by atoms with Crippen LogP contribution in [0.1, 0.15) is 107 Å². The molecule has 0 spiro atoms. The number of hydrogen-bond donors (Lipinski definition) is 2. The lowest BCUT2D eigenvalue weighted by atomic mass is 9.33. The van der Waals surface area contributed by atoms with Crippen molar-refractivity contribution >= 4 is 5.78 Å². The predicted molar refractivity (Wildman–Crippen MR) is 132 cm³/mol. The fraction of sp³-hybridized carbons (Fsp3) is 0.900. The Bertz CT molecular complexity index is 900. The smallest absolute Gasteiger partial charge is 0.138 e. The number of Topliss-reactive ketones (excluding diaryl/α,β-unsaturated/α-hetero) is 1. The van der Waals surface area contributed by atoms with Gasteiger partial charge >= 0.3 is 0 Å². The molecule has 0 heterocycles. The summed E-state index contributed by atoms with van der Waals surface area (Å²) in [5.41, 5.74) is 1.30. The topological polar surface area (TPSA) is 57.5 Å². The summed E-state index contributed by atoms with van der Waals surface area (Å²) in [5, 5.41) is 22.8. The lowest BCUT2D eigenvalue weighted by Gasteiger charge is -2.71. The van der Waals surface area contributed by atoms with Gasteiger partial charge in [-0.05, 0) is 83.9 Å². The lowest BCUT2D eigenvalue weighted by molar-refractivity contribution is -0.208. The SMILES string of the molecule is CC1(C)C[C@H]2C3=C[C@H](O)[C@@H]4[C@@]5(C)CCC(=O)C(C)(C)[C@@H]5CC[C@@]4(C)[C@]3(C)CC[C@@]2(C)C[C@@H]1O. The van der Waals surface area contributed by atoms with E-state index in [0.29, 0.717) is 24.0 Å². The third kappa shape index (κ3) is 2.85. The first-order valence-corrected chi connectivity index (χ1v) is 13.6. The maximum absolute atomic E-state index is 12.9. The number of ketones is 1. The number of carbonyl (C=O) groups is 1. The fourth-order valence-corrected chi connectivity index (χ4v) is 10.5. The molecule has 5 rings (SSSR count). The number of aliphatic hydroxyl groups excluding tert-OH is 2. The minimum absolute atomic E-state index is 0.0162. The number of allylic oxidation sites excluding steroid dienone is 1. The molecule has 5 aliphatic carbocycles. The summed E-state index contributed by atoms with van der Waals surface area (Å²) < 4.78 is 0. The minimum Gasteiger partial charge on any atom is -0.393 e. The van der Waals surface area contributed by atoms with E-state index in [-0.39, 0.29) is 44.5 Å². The highest BCUT2D eigenvalue weighted by atomic mass is 16.3. The van der Waals surface area contributed by atoms with Gasteiger partial charge in [0.15, 0.2) is 0 Å². The normalized spacial score (nSPS) is 54.9. The lowest BCUT2D eigenvalue weighted by Crippen LogP contribution is -2.67. The molecule has 186 valence electrons. The molecule has 0 amide bonds. The molecule has 0 aromatic heterocycles. The van der Waals surface area contributed by atoms with Crippen molar-refractivity contribution in [3.05, 3.63) is 11.6 Å². The van der Waals surface area contributed by atoms with E-state index >= 15 is 0 Å². The van der Waals surface area contributed by atoms with Gasteiger partial charge in [-0.3, -0.25) is 4.79 Å². The van der Waals surface area contributed by atoms with E-state index in [9.17, 15) is 15.0 Å². The van der Waals surface area contributed by atoms with Crippen LogP contribution < -0.4 is 0 Å². The summed E-state index contributed by atoms with van der Waals surface area (Å²) >= 11 is 0. The fourth-order valence-electron chi connectivity index (χ4n) is 10.5. The van der Waals surface area contributed by atoms with Gasteiger partial charge in [0.1, 0.15) is 5.78 Å². The minimum atomic E-state index is -0.452. The molecule has 2 N–H and O–H groups in total. The molecule has 5 aliphatic rings. The van der Waals surface area contributed by atoms with Gasteiger partial charge in [-0.2, -0.15) is 0 Å². The zero-order chi connectivity index (χ0) is 24.4. The molecular weight excluding hydrogens is 408 g/mol. The highest BCUT2D eigenvalue weighted by Crippen LogP contribution is 2.75. The molecule has 0 aromatic rings. The summed E-state index contributed by atoms with van der Waals surface area (Å²) in [6.45, 7) is 18.6. The van der Waals surface area contributed by atoms with Gasteiger partial charge in [0.05, 0.1) is 12.2 Å². The largest absolute Gasteiger partial charge is 0.393 e. The Morgan fingerprint density at radius 2 is 1.55 bits per heavy atom. The van der Waals surface area contributed by atoms with Crippen LogP contribution in [-0.2, 0) is 4.79 Å². The second kappa shape index (κ2) is 6.75. The Labute approximate surface area is 201 Å². The molecule has 4 saturated carbocycles. The monoisotopic (exact) mass is 456 g/mol. The molecule has 0 bridgehead atoms. The summed E-state index contributed by atoms with van der Waals surface area (Å²) in [5.74, 6) is 1.38. The summed E-state index contributed by atoms with van der Waals surface area (Å²) in [4.78, 5) is 12.9. The van der Waals surface area contributed by atoms with E-state index in [1.54, 1.807) is 0 Å². The van der Waals surface area contributed by atoms with Crippen molar-refractivity contribution in [2.75, 3.05) is 0 Å². The molecule has 0 unspecified atom stereocenters. The van der Waals surface area contributed by atoms with E-state index in [2.05, 4.69) is 61.5 Å². The summed E-state index contributed by atoms with van der Waals surface area (Å²) in [7, 11) is 0. The van der Waals surface area contributed by atoms with Crippen molar-refractivity contribution in [1.29, 1.82) is 0 Å². The van der Waals surface area contributed by atoms with Gasteiger partial charge < -0.3 is 10.2 Å². The molecule has 0 aromatic carbocycles. The van der Waals surface area contributed by atoms with Crippen LogP contribution in [0.3, 0.4) is 0 Å². The number of hydrogen-bond acceptors (Lipinski definition) is 3. The van der Waals surface area contributed by atoms with Crippen molar-refractivity contribution < 1.29 is 15.0 Å². The van der Waals surface area contributed by atoms with Gasteiger partial charge in [0.2, 0.25) is 0 Å². The highest BCUT2D eigenvalue weighted by molar-refractivity contribution is 5.85. The van der Waals surface area contributed by atoms with E-state index in [0.717, 1.165) is 44.9 Å². The zero-order valence-corrected chi connectivity index (χ0v) is 22.4. The first-order chi connectivity index (χ1) is 15.0. The zero-order valence-electron chi connectivity index (χ0n) is 22.4. The number of rotatable bonds is 0. The van der Waals surface area contributed by atoms with Crippen molar-refractivity contribution in [3.8, 4) is 0 Å². The number of fused-ring (bicyclic) bond motifs is 7. The van der Waals surface area contributed by atoms with Crippen molar-refractivity contribution in [2.45, 2.75) is 119 Å².